The van der Waals surface area contributed by atoms with Gasteiger partial charge in [-0.05, 0) is 38.2 Å². The Balaban J connectivity index is 2.14. The summed E-state index contributed by atoms with van der Waals surface area (Å²) >= 11 is 0. The zero-order valence-corrected chi connectivity index (χ0v) is 13.8. The largest absolute Gasteiger partial charge is 0.341 e. The van der Waals surface area contributed by atoms with Crippen molar-refractivity contribution in [2.45, 2.75) is 38.6 Å². The number of hydrogen-bond acceptors (Lipinski definition) is 3. The Morgan fingerprint density at radius 2 is 1.82 bits per heavy atom. The molecule has 1 amide bonds. The summed E-state index contributed by atoms with van der Waals surface area (Å²) in [6.45, 7) is 3.02. The third-order valence-corrected chi connectivity index (χ3v) is 5.35. The summed E-state index contributed by atoms with van der Waals surface area (Å²) in [5.41, 5.74) is 0.955. The molecule has 1 atom stereocenters. The molecule has 1 heterocycles. The number of hydrogen-bond donors (Lipinski definition) is 1. The standard InChI is InChI=1S/C16H24N2O3S/c1-2-22(20,21)17-15(13-14-9-5-3-6-10-14)16(19)18-11-7-4-8-12-18/h3,5-6,9-10,15,17H,2,4,7-8,11-13H2,1H3/t15-/m0/s1. The van der Waals surface area contributed by atoms with E-state index < -0.39 is 16.1 Å². The first-order valence-electron chi connectivity index (χ1n) is 7.84. The van der Waals surface area contributed by atoms with Crippen LogP contribution in [-0.4, -0.2) is 44.1 Å². The van der Waals surface area contributed by atoms with E-state index in [2.05, 4.69) is 4.72 Å². The third-order valence-electron chi connectivity index (χ3n) is 3.95. The first-order valence-corrected chi connectivity index (χ1v) is 9.50. The van der Waals surface area contributed by atoms with Crippen LogP contribution in [0.4, 0.5) is 0 Å². The lowest BCUT2D eigenvalue weighted by molar-refractivity contribution is -0.133. The maximum Gasteiger partial charge on any atom is 0.241 e. The van der Waals surface area contributed by atoms with E-state index in [1.165, 1.54) is 0 Å². The maximum atomic E-state index is 12.7. The van der Waals surface area contributed by atoms with E-state index in [0.29, 0.717) is 6.42 Å². The normalized spacial score (nSPS) is 17.2. The molecule has 0 radical (unpaired) electrons. The maximum absolute atomic E-state index is 12.7. The van der Waals surface area contributed by atoms with E-state index >= 15 is 0 Å². The predicted octanol–water partition coefficient (Wildman–Crippen LogP) is 1.55. The van der Waals surface area contributed by atoms with E-state index in [-0.39, 0.29) is 11.7 Å². The highest BCUT2D eigenvalue weighted by Crippen LogP contribution is 2.13. The number of benzene rings is 1. The van der Waals surface area contributed by atoms with E-state index in [1.807, 2.05) is 30.3 Å². The highest BCUT2D eigenvalue weighted by Gasteiger charge is 2.28. The molecule has 1 aliphatic rings. The Kier molecular flexibility index (Phi) is 5.97. The molecule has 1 aliphatic heterocycles. The van der Waals surface area contributed by atoms with Crippen LogP contribution >= 0.6 is 0 Å². The average molecular weight is 324 g/mol. The van der Waals surface area contributed by atoms with Crippen LogP contribution < -0.4 is 4.72 Å². The Morgan fingerprint density at radius 1 is 1.18 bits per heavy atom. The summed E-state index contributed by atoms with van der Waals surface area (Å²) in [5, 5.41) is 0. The van der Waals surface area contributed by atoms with Gasteiger partial charge in [-0.1, -0.05) is 30.3 Å². The van der Waals surface area contributed by atoms with Crippen LogP contribution in [0.15, 0.2) is 30.3 Å². The van der Waals surface area contributed by atoms with Gasteiger partial charge >= 0.3 is 0 Å². The van der Waals surface area contributed by atoms with Crippen LogP contribution in [0.1, 0.15) is 31.7 Å². The molecule has 1 fully saturated rings. The second-order valence-corrected chi connectivity index (χ2v) is 7.69. The summed E-state index contributed by atoms with van der Waals surface area (Å²) in [5.74, 6) is -0.133. The number of rotatable bonds is 6. The van der Waals surface area contributed by atoms with Crippen LogP contribution in [0.5, 0.6) is 0 Å². The topological polar surface area (TPSA) is 66.5 Å². The Bertz CT molecular complexity index is 581. The lowest BCUT2D eigenvalue weighted by atomic mass is 10.0. The smallest absolute Gasteiger partial charge is 0.241 e. The monoisotopic (exact) mass is 324 g/mol. The molecule has 0 saturated carbocycles. The molecule has 0 aromatic heterocycles. The number of sulfonamides is 1. The van der Waals surface area contributed by atoms with Crippen molar-refractivity contribution in [2.24, 2.45) is 0 Å². The fourth-order valence-corrected chi connectivity index (χ4v) is 3.45. The first kappa shape index (κ1) is 17.0. The van der Waals surface area contributed by atoms with Crippen molar-refractivity contribution in [3.05, 3.63) is 35.9 Å². The summed E-state index contributed by atoms with van der Waals surface area (Å²) < 4.78 is 26.4. The Labute approximate surface area is 132 Å². The van der Waals surface area contributed by atoms with Gasteiger partial charge in [0.25, 0.3) is 0 Å². The van der Waals surface area contributed by atoms with Gasteiger partial charge in [0.15, 0.2) is 0 Å². The van der Waals surface area contributed by atoms with Crippen LogP contribution in [0.3, 0.4) is 0 Å². The van der Waals surface area contributed by atoms with E-state index in [9.17, 15) is 13.2 Å². The fourth-order valence-electron chi connectivity index (χ4n) is 2.66. The van der Waals surface area contributed by atoms with Gasteiger partial charge in [0, 0.05) is 13.1 Å². The highest BCUT2D eigenvalue weighted by atomic mass is 32.2. The molecule has 5 nitrogen and oxygen atoms in total. The lowest BCUT2D eigenvalue weighted by Gasteiger charge is -2.30. The van der Waals surface area contributed by atoms with E-state index in [0.717, 1.165) is 37.9 Å². The SMILES string of the molecule is CCS(=O)(=O)N[C@@H](Cc1ccccc1)C(=O)N1CCCCC1. The fraction of sp³-hybridized carbons (Fsp3) is 0.562. The molecular formula is C16H24N2O3S. The number of nitrogens with one attached hydrogen (secondary N) is 1. The van der Waals surface area contributed by atoms with Crippen molar-refractivity contribution in [2.75, 3.05) is 18.8 Å². The van der Waals surface area contributed by atoms with Crippen molar-refractivity contribution >= 4 is 15.9 Å². The van der Waals surface area contributed by atoms with E-state index in [4.69, 9.17) is 0 Å². The predicted molar refractivity (Wildman–Crippen MR) is 87.0 cm³/mol. The number of amides is 1. The molecule has 1 saturated heterocycles. The summed E-state index contributed by atoms with van der Waals surface area (Å²) in [6.07, 6.45) is 3.50. The van der Waals surface area contributed by atoms with Crippen molar-refractivity contribution < 1.29 is 13.2 Å². The van der Waals surface area contributed by atoms with Gasteiger partial charge in [-0.3, -0.25) is 4.79 Å². The zero-order valence-electron chi connectivity index (χ0n) is 13.0. The van der Waals surface area contributed by atoms with Crippen molar-refractivity contribution in [3.63, 3.8) is 0 Å². The minimum Gasteiger partial charge on any atom is -0.341 e. The lowest BCUT2D eigenvalue weighted by Crippen LogP contribution is -2.51. The molecule has 1 aromatic rings. The van der Waals surface area contributed by atoms with Crippen LogP contribution in [0.2, 0.25) is 0 Å². The average Bonchev–Trinajstić information content (AvgIpc) is 2.55. The molecule has 1 N–H and O–H groups in total. The van der Waals surface area contributed by atoms with Crippen LogP contribution in [0, 0.1) is 0 Å². The van der Waals surface area contributed by atoms with Crippen molar-refractivity contribution in [1.29, 1.82) is 0 Å². The minimum absolute atomic E-state index is 0.0223. The molecule has 0 bridgehead atoms. The van der Waals surface area contributed by atoms with Crippen LogP contribution in [-0.2, 0) is 21.2 Å². The molecule has 1 aromatic carbocycles. The zero-order chi connectivity index (χ0) is 16.0. The van der Waals surface area contributed by atoms with Gasteiger partial charge in [-0.25, -0.2) is 13.1 Å². The summed E-state index contributed by atoms with van der Waals surface area (Å²) in [4.78, 5) is 14.5. The summed E-state index contributed by atoms with van der Waals surface area (Å²) in [6, 6.07) is 8.80. The molecule has 2 rings (SSSR count). The number of carbonyl (C=O) groups is 1. The van der Waals surface area contributed by atoms with Gasteiger partial charge in [0.1, 0.15) is 6.04 Å². The second-order valence-electron chi connectivity index (χ2n) is 5.65. The second kappa shape index (κ2) is 7.74. The molecule has 0 unspecified atom stereocenters. The van der Waals surface area contributed by atoms with Gasteiger partial charge in [0.05, 0.1) is 5.75 Å². The molecule has 122 valence electrons. The quantitative estimate of drug-likeness (QED) is 0.863. The number of piperidine rings is 1. The Morgan fingerprint density at radius 3 is 2.41 bits per heavy atom. The van der Waals surface area contributed by atoms with Gasteiger partial charge in [-0.2, -0.15) is 0 Å². The highest BCUT2D eigenvalue weighted by molar-refractivity contribution is 7.89. The minimum atomic E-state index is -3.42. The Hall–Kier alpha value is -1.40. The molecule has 6 heteroatoms. The van der Waals surface area contributed by atoms with Gasteiger partial charge in [0.2, 0.25) is 15.9 Å². The molecule has 0 aliphatic carbocycles. The molecule has 0 spiro atoms. The summed E-state index contributed by atoms with van der Waals surface area (Å²) in [7, 11) is -3.42. The third kappa shape index (κ3) is 4.81. The van der Waals surface area contributed by atoms with Crippen molar-refractivity contribution in [1.82, 2.24) is 9.62 Å². The van der Waals surface area contributed by atoms with Gasteiger partial charge in [-0.15, -0.1) is 0 Å². The molecular weight excluding hydrogens is 300 g/mol. The number of nitrogens with zero attached hydrogens (tertiary/aromatic N) is 1. The number of likely N-dealkylation sites (tertiary alicyclic amines) is 1. The molecule has 22 heavy (non-hydrogen) atoms. The first-order chi connectivity index (χ1) is 10.5. The van der Waals surface area contributed by atoms with E-state index in [1.54, 1.807) is 11.8 Å². The van der Waals surface area contributed by atoms with Crippen LogP contribution in [0.25, 0.3) is 0 Å². The van der Waals surface area contributed by atoms with Gasteiger partial charge < -0.3 is 4.90 Å². The number of carbonyl (C=O) groups excluding carboxylic acids is 1. The van der Waals surface area contributed by atoms with Crippen molar-refractivity contribution in [3.8, 4) is 0 Å².